The molecule has 0 aromatic rings. The molecule has 1 amide bonds. The SMILES string of the molecule is O=C(NCCOC1CCCCCC1)C1CNCCO1. The van der Waals surface area contributed by atoms with E-state index in [1.165, 1.54) is 38.5 Å². The average molecular weight is 270 g/mol. The quantitative estimate of drug-likeness (QED) is 0.574. The van der Waals surface area contributed by atoms with E-state index in [-0.39, 0.29) is 12.0 Å². The van der Waals surface area contributed by atoms with Crippen LogP contribution in [-0.2, 0) is 14.3 Å². The molecule has 1 aliphatic carbocycles. The highest BCUT2D eigenvalue weighted by atomic mass is 16.5. The van der Waals surface area contributed by atoms with Gasteiger partial charge in [0.05, 0.1) is 19.3 Å². The lowest BCUT2D eigenvalue weighted by Crippen LogP contribution is -2.48. The number of morpholine rings is 1. The third-order valence-corrected chi connectivity index (χ3v) is 3.78. The summed E-state index contributed by atoms with van der Waals surface area (Å²) in [5.41, 5.74) is 0. The minimum absolute atomic E-state index is 0.0309. The van der Waals surface area contributed by atoms with Crippen LogP contribution in [0.4, 0.5) is 0 Å². The number of hydrogen-bond acceptors (Lipinski definition) is 4. The van der Waals surface area contributed by atoms with Crippen molar-refractivity contribution in [1.82, 2.24) is 10.6 Å². The van der Waals surface area contributed by atoms with Crippen molar-refractivity contribution < 1.29 is 14.3 Å². The van der Waals surface area contributed by atoms with E-state index < -0.39 is 0 Å². The van der Waals surface area contributed by atoms with Gasteiger partial charge in [-0.2, -0.15) is 0 Å². The Hall–Kier alpha value is -0.650. The second-order valence-corrected chi connectivity index (χ2v) is 5.34. The van der Waals surface area contributed by atoms with Crippen molar-refractivity contribution in [1.29, 1.82) is 0 Å². The predicted octanol–water partition coefficient (Wildman–Crippen LogP) is 0.830. The maximum atomic E-state index is 11.8. The van der Waals surface area contributed by atoms with Crippen molar-refractivity contribution >= 4 is 5.91 Å². The monoisotopic (exact) mass is 270 g/mol. The third-order valence-electron chi connectivity index (χ3n) is 3.78. The molecule has 0 spiro atoms. The topological polar surface area (TPSA) is 59.6 Å². The molecule has 2 aliphatic rings. The highest BCUT2D eigenvalue weighted by Crippen LogP contribution is 2.19. The van der Waals surface area contributed by atoms with Crippen molar-refractivity contribution in [3.05, 3.63) is 0 Å². The van der Waals surface area contributed by atoms with E-state index in [9.17, 15) is 4.79 Å². The van der Waals surface area contributed by atoms with Gasteiger partial charge in [-0.05, 0) is 12.8 Å². The second kappa shape index (κ2) is 8.51. The molecule has 2 rings (SSSR count). The zero-order chi connectivity index (χ0) is 13.3. The van der Waals surface area contributed by atoms with Gasteiger partial charge in [0.25, 0.3) is 5.91 Å². The zero-order valence-electron chi connectivity index (χ0n) is 11.7. The highest BCUT2D eigenvalue weighted by molar-refractivity contribution is 5.81. The summed E-state index contributed by atoms with van der Waals surface area (Å²) in [5.74, 6) is -0.0309. The molecule has 1 heterocycles. The number of amides is 1. The van der Waals surface area contributed by atoms with Crippen LogP contribution in [0, 0.1) is 0 Å². The van der Waals surface area contributed by atoms with Gasteiger partial charge < -0.3 is 20.1 Å². The van der Waals surface area contributed by atoms with Gasteiger partial charge in [0, 0.05) is 19.6 Å². The Balaban J connectivity index is 1.54. The van der Waals surface area contributed by atoms with Gasteiger partial charge in [0.2, 0.25) is 0 Å². The lowest BCUT2D eigenvalue weighted by Gasteiger charge is -2.23. The van der Waals surface area contributed by atoms with Gasteiger partial charge in [-0.15, -0.1) is 0 Å². The Morgan fingerprint density at radius 1 is 1.26 bits per heavy atom. The normalized spacial score (nSPS) is 25.8. The number of rotatable bonds is 5. The molecule has 5 heteroatoms. The summed E-state index contributed by atoms with van der Waals surface area (Å²) in [6.07, 6.45) is 7.62. The molecule has 1 atom stereocenters. The summed E-state index contributed by atoms with van der Waals surface area (Å²) >= 11 is 0. The van der Waals surface area contributed by atoms with Crippen molar-refractivity contribution in [3.8, 4) is 0 Å². The van der Waals surface area contributed by atoms with Crippen molar-refractivity contribution in [3.63, 3.8) is 0 Å². The Kier molecular flexibility index (Phi) is 6.61. The molecule has 1 unspecified atom stereocenters. The fourth-order valence-corrected chi connectivity index (χ4v) is 2.66. The fraction of sp³-hybridized carbons (Fsp3) is 0.929. The Labute approximate surface area is 115 Å². The van der Waals surface area contributed by atoms with Gasteiger partial charge in [0.15, 0.2) is 0 Å². The lowest BCUT2D eigenvalue weighted by atomic mass is 10.1. The number of ether oxygens (including phenoxy) is 2. The molecular weight excluding hydrogens is 244 g/mol. The number of nitrogens with one attached hydrogen (secondary N) is 2. The van der Waals surface area contributed by atoms with Crippen LogP contribution in [0.15, 0.2) is 0 Å². The summed E-state index contributed by atoms with van der Waals surface area (Å²) in [4.78, 5) is 11.8. The van der Waals surface area contributed by atoms with Crippen molar-refractivity contribution in [2.24, 2.45) is 0 Å². The van der Waals surface area contributed by atoms with Crippen LogP contribution in [0.1, 0.15) is 38.5 Å². The summed E-state index contributed by atoms with van der Waals surface area (Å²) in [7, 11) is 0. The molecule has 5 nitrogen and oxygen atoms in total. The molecule has 2 fully saturated rings. The maximum Gasteiger partial charge on any atom is 0.250 e. The first kappa shape index (κ1) is 14.8. The molecule has 1 saturated carbocycles. The maximum absolute atomic E-state index is 11.8. The Morgan fingerprint density at radius 2 is 2.05 bits per heavy atom. The van der Waals surface area contributed by atoms with Gasteiger partial charge in [0.1, 0.15) is 6.10 Å². The molecule has 2 N–H and O–H groups in total. The molecule has 0 aromatic carbocycles. The number of carbonyl (C=O) groups excluding carboxylic acids is 1. The van der Waals surface area contributed by atoms with Gasteiger partial charge in [-0.25, -0.2) is 0 Å². The van der Waals surface area contributed by atoms with Crippen LogP contribution in [-0.4, -0.2) is 51.0 Å². The molecule has 19 heavy (non-hydrogen) atoms. The van der Waals surface area contributed by atoms with E-state index in [0.717, 1.165) is 6.54 Å². The molecule has 0 radical (unpaired) electrons. The van der Waals surface area contributed by atoms with Crippen molar-refractivity contribution in [2.75, 3.05) is 32.8 Å². The summed E-state index contributed by atoms with van der Waals surface area (Å²) < 4.78 is 11.2. The van der Waals surface area contributed by atoms with Gasteiger partial charge in [-0.3, -0.25) is 4.79 Å². The zero-order valence-corrected chi connectivity index (χ0v) is 11.7. The van der Waals surface area contributed by atoms with E-state index in [4.69, 9.17) is 9.47 Å². The van der Waals surface area contributed by atoms with E-state index in [1.54, 1.807) is 0 Å². The molecule has 1 saturated heterocycles. The predicted molar refractivity (Wildman–Crippen MR) is 73.1 cm³/mol. The number of hydrogen-bond donors (Lipinski definition) is 2. The Morgan fingerprint density at radius 3 is 2.74 bits per heavy atom. The molecule has 1 aliphatic heterocycles. The van der Waals surface area contributed by atoms with Crippen LogP contribution in [0.25, 0.3) is 0 Å². The fourth-order valence-electron chi connectivity index (χ4n) is 2.66. The van der Waals surface area contributed by atoms with Crippen LogP contribution < -0.4 is 10.6 Å². The third kappa shape index (κ3) is 5.47. The minimum atomic E-state index is -0.341. The molecule has 0 aromatic heterocycles. The summed E-state index contributed by atoms with van der Waals surface area (Å²) in [6, 6.07) is 0. The van der Waals surface area contributed by atoms with Gasteiger partial charge >= 0.3 is 0 Å². The first-order valence-corrected chi connectivity index (χ1v) is 7.58. The average Bonchev–Trinajstić information content (AvgIpc) is 2.73. The van der Waals surface area contributed by atoms with Gasteiger partial charge in [-0.1, -0.05) is 25.7 Å². The largest absolute Gasteiger partial charge is 0.376 e. The Bertz CT molecular complexity index is 259. The van der Waals surface area contributed by atoms with E-state index in [0.29, 0.717) is 32.4 Å². The van der Waals surface area contributed by atoms with Crippen molar-refractivity contribution in [2.45, 2.75) is 50.7 Å². The highest BCUT2D eigenvalue weighted by Gasteiger charge is 2.21. The standard InChI is InChI=1S/C14H26N2O3/c17-14(13-11-15-7-9-19-13)16-8-10-18-12-5-3-1-2-4-6-12/h12-13,15H,1-11H2,(H,16,17). The molecule has 0 bridgehead atoms. The first-order chi connectivity index (χ1) is 9.36. The number of carbonyl (C=O) groups is 1. The summed E-state index contributed by atoms with van der Waals surface area (Å²) in [5, 5.41) is 6.03. The summed E-state index contributed by atoms with van der Waals surface area (Å²) in [6.45, 7) is 3.23. The van der Waals surface area contributed by atoms with Crippen LogP contribution >= 0.6 is 0 Å². The second-order valence-electron chi connectivity index (χ2n) is 5.34. The van der Waals surface area contributed by atoms with E-state index in [2.05, 4.69) is 10.6 Å². The molecule has 110 valence electrons. The van der Waals surface area contributed by atoms with Crippen LogP contribution in [0.3, 0.4) is 0 Å². The van der Waals surface area contributed by atoms with Crippen LogP contribution in [0.5, 0.6) is 0 Å². The van der Waals surface area contributed by atoms with Crippen LogP contribution in [0.2, 0.25) is 0 Å². The minimum Gasteiger partial charge on any atom is -0.376 e. The smallest absolute Gasteiger partial charge is 0.250 e. The first-order valence-electron chi connectivity index (χ1n) is 7.58. The van der Waals surface area contributed by atoms with E-state index in [1.807, 2.05) is 0 Å². The lowest BCUT2D eigenvalue weighted by molar-refractivity contribution is -0.134. The molecular formula is C14H26N2O3. The van der Waals surface area contributed by atoms with E-state index >= 15 is 0 Å².